The zero-order chi connectivity index (χ0) is 21.6. The molecule has 1 amide bonds. The van der Waals surface area contributed by atoms with Crippen LogP contribution in [0.5, 0.6) is 5.75 Å². The summed E-state index contributed by atoms with van der Waals surface area (Å²) >= 11 is 6.05. The van der Waals surface area contributed by atoms with E-state index >= 15 is 0 Å². The van der Waals surface area contributed by atoms with Crippen LogP contribution in [0, 0.1) is 0 Å². The number of benzene rings is 1. The number of carbonyl (C=O) groups excluding carboxylic acids is 1. The molecule has 1 aromatic rings. The second-order valence-corrected chi connectivity index (χ2v) is 6.66. The second-order valence-electron chi connectivity index (χ2n) is 6.28. The maximum Gasteiger partial charge on any atom is 0.268 e. The Labute approximate surface area is 174 Å². The zero-order valence-electron chi connectivity index (χ0n) is 16.2. The summed E-state index contributed by atoms with van der Waals surface area (Å²) in [6.45, 7) is 2.91. The van der Waals surface area contributed by atoms with Crippen LogP contribution in [0.3, 0.4) is 0 Å². The Morgan fingerprint density at radius 2 is 1.90 bits per heavy atom. The highest BCUT2D eigenvalue weighted by atomic mass is 35.5. The van der Waals surface area contributed by atoms with Gasteiger partial charge in [-0.2, -0.15) is 0 Å². The fourth-order valence-electron chi connectivity index (χ4n) is 2.77. The molecule has 0 radical (unpaired) electrons. The predicted octanol–water partition coefficient (Wildman–Crippen LogP) is 0.0224. The van der Waals surface area contributed by atoms with E-state index in [4.69, 9.17) is 45.0 Å². The molecule has 29 heavy (non-hydrogen) atoms. The first-order valence-corrected chi connectivity index (χ1v) is 9.45. The maximum absolute atomic E-state index is 11.6. The van der Waals surface area contributed by atoms with Crippen molar-refractivity contribution in [3.05, 3.63) is 52.3 Å². The van der Waals surface area contributed by atoms with Crippen LogP contribution in [-0.4, -0.2) is 29.9 Å². The van der Waals surface area contributed by atoms with Crippen LogP contribution >= 0.6 is 11.6 Å². The van der Waals surface area contributed by atoms with Gasteiger partial charge in [0.2, 0.25) is 5.96 Å². The van der Waals surface area contributed by atoms with Crippen LogP contribution in [0.15, 0.2) is 51.8 Å². The van der Waals surface area contributed by atoms with Crippen LogP contribution in [0.1, 0.15) is 31.4 Å². The maximum atomic E-state index is 11.6. The molecule has 0 aliphatic carbocycles. The number of nitrogens with two attached hydrogens (primary N) is 5. The lowest BCUT2D eigenvalue weighted by Gasteiger charge is -2.31. The molecule has 1 atom stereocenters. The molecule has 1 unspecified atom stereocenters. The minimum absolute atomic E-state index is 0.0104. The summed E-state index contributed by atoms with van der Waals surface area (Å²) in [5, 5.41) is 2.53. The van der Waals surface area contributed by atoms with E-state index in [9.17, 15) is 4.79 Å². The Kier molecular flexibility index (Phi) is 7.57. The first-order chi connectivity index (χ1) is 13.8. The van der Waals surface area contributed by atoms with Crippen LogP contribution in [-0.2, 0) is 4.79 Å². The highest BCUT2D eigenvalue weighted by molar-refractivity contribution is 6.30. The number of nitrogens with zero attached hydrogens (tertiary/aromatic N) is 2. The lowest BCUT2D eigenvalue weighted by molar-refractivity contribution is -0.115. The lowest BCUT2D eigenvalue weighted by Crippen LogP contribution is -2.49. The third-order valence-electron chi connectivity index (χ3n) is 4.17. The summed E-state index contributed by atoms with van der Waals surface area (Å²) in [5.41, 5.74) is 29.8. The van der Waals surface area contributed by atoms with Gasteiger partial charge < -0.3 is 38.7 Å². The average Bonchev–Trinajstić information content (AvgIpc) is 2.69. The molecule has 0 fully saturated rings. The Hall–Kier alpha value is -3.11. The number of carbonyl (C=O) groups is 1. The molecule has 1 heterocycles. The topological polar surface area (TPSA) is 184 Å². The number of guanidine groups is 1. The summed E-state index contributed by atoms with van der Waals surface area (Å²) in [6.07, 6.45) is 1.58. The van der Waals surface area contributed by atoms with Crippen molar-refractivity contribution in [1.29, 1.82) is 0 Å². The van der Waals surface area contributed by atoms with E-state index in [1.54, 1.807) is 0 Å². The minimum atomic E-state index is -0.802. The van der Waals surface area contributed by atoms with Crippen molar-refractivity contribution in [3.8, 4) is 5.75 Å². The average molecular weight is 423 g/mol. The van der Waals surface area contributed by atoms with E-state index < -0.39 is 5.91 Å². The number of ether oxygens (including phenoxy) is 1. The van der Waals surface area contributed by atoms with Crippen molar-refractivity contribution in [2.24, 2.45) is 33.7 Å². The largest absolute Gasteiger partial charge is 0.492 e. The molecule has 0 saturated heterocycles. The first kappa shape index (κ1) is 22.2. The third kappa shape index (κ3) is 5.24. The number of aliphatic imine (C=N–C) groups is 1. The van der Waals surface area contributed by atoms with Gasteiger partial charge in [0.15, 0.2) is 0 Å². The SMILES string of the molecule is CCCC(N=C(N)N1C(N)=C(Cl)NC(C(N)=O)=C1N)c1ccc(OCCN)cc1. The fraction of sp³-hybridized carbons (Fsp3) is 0.333. The molecule has 10 nitrogen and oxygen atoms in total. The number of nitrogens with one attached hydrogen (secondary N) is 1. The molecule has 0 aromatic heterocycles. The van der Waals surface area contributed by atoms with E-state index in [0.717, 1.165) is 18.4 Å². The van der Waals surface area contributed by atoms with Crippen molar-refractivity contribution in [3.63, 3.8) is 0 Å². The molecule has 158 valence electrons. The van der Waals surface area contributed by atoms with E-state index in [1.807, 2.05) is 31.2 Å². The standard InChI is InChI=1S/C18H27ClN8O2/c1-2-3-12(10-4-6-11(7-5-10)29-9-8-20)25-18(24)27-15(21)13(17(23)28)26-14(19)16(27)22/h4-7,12,26H,2-3,8-9,20-22H2,1H3,(H2,23,28)(H2,24,25). The highest BCUT2D eigenvalue weighted by Gasteiger charge is 2.29. The molecular weight excluding hydrogens is 396 g/mol. The van der Waals surface area contributed by atoms with E-state index in [-0.39, 0.29) is 34.5 Å². The number of rotatable bonds is 8. The van der Waals surface area contributed by atoms with Crippen molar-refractivity contribution in [2.45, 2.75) is 25.8 Å². The van der Waals surface area contributed by atoms with Crippen LogP contribution in [0.25, 0.3) is 0 Å². The fourth-order valence-corrected chi connectivity index (χ4v) is 2.95. The molecular formula is C18H27ClN8O2. The Morgan fingerprint density at radius 1 is 1.24 bits per heavy atom. The smallest absolute Gasteiger partial charge is 0.268 e. The van der Waals surface area contributed by atoms with Crippen molar-refractivity contribution in [2.75, 3.05) is 13.2 Å². The molecule has 2 rings (SSSR count). The molecule has 1 aromatic carbocycles. The second kappa shape index (κ2) is 9.89. The monoisotopic (exact) mass is 422 g/mol. The summed E-state index contributed by atoms with van der Waals surface area (Å²) in [4.78, 5) is 17.4. The molecule has 1 aliphatic heterocycles. The van der Waals surface area contributed by atoms with Crippen LogP contribution in [0.2, 0.25) is 0 Å². The van der Waals surface area contributed by atoms with E-state index in [0.29, 0.717) is 18.9 Å². The summed E-state index contributed by atoms with van der Waals surface area (Å²) in [7, 11) is 0. The van der Waals surface area contributed by atoms with Gasteiger partial charge in [-0.15, -0.1) is 0 Å². The van der Waals surface area contributed by atoms with Crippen LogP contribution in [0.4, 0.5) is 0 Å². The van der Waals surface area contributed by atoms with Crippen LogP contribution < -0.4 is 38.7 Å². The van der Waals surface area contributed by atoms with Gasteiger partial charge in [0.1, 0.15) is 34.9 Å². The van der Waals surface area contributed by atoms with E-state index in [2.05, 4.69) is 10.3 Å². The zero-order valence-corrected chi connectivity index (χ0v) is 16.9. The molecule has 0 spiro atoms. The number of primary amides is 1. The molecule has 0 bridgehead atoms. The summed E-state index contributed by atoms with van der Waals surface area (Å²) in [5.74, 6) is -0.173. The van der Waals surface area contributed by atoms with Crippen molar-refractivity contribution >= 4 is 23.5 Å². The van der Waals surface area contributed by atoms with Crippen molar-refractivity contribution in [1.82, 2.24) is 10.2 Å². The van der Waals surface area contributed by atoms with Gasteiger partial charge in [-0.1, -0.05) is 37.1 Å². The van der Waals surface area contributed by atoms with Gasteiger partial charge in [0.25, 0.3) is 5.91 Å². The number of hydrogen-bond acceptors (Lipinski definition) is 7. The van der Waals surface area contributed by atoms with Gasteiger partial charge >= 0.3 is 0 Å². The summed E-state index contributed by atoms with van der Waals surface area (Å²) < 4.78 is 5.50. The Bertz CT molecular complexity index is 835. The van der Waals surface area contributed by atoms with Gasteiger partial charge in [0.05, 0.1) is 6.04 Å². The molecule has 0 saturated carbocycles. The first-order valence-electron chi connectivity index (χ1n) is 9.08. The Morgan fingerprint density at radius 3 is 2.45 bits per heavy atom. The van der Waals surface area contributed by atoms with E-state index in [1.165, 1.54) is 4.90 Å². The van der Waals surface area contributed by atoms with Gasteiger partial charge in [-0.05, 0) is 24.1 Å². The number of hydrogen-bond donors (Lipinski definition) is 6. The summed E-state index contributed by atoms with van der Waals surface area (Å²) in [6, 6.07) is 7.22. The van der Waals surface area contributed by atoms with Gasteiger partial charge in [-0.3, -0.25) is 4.79 Å². The Balaban J connectivity index is 2.36. The normalized spacial score (nSPS) is 16.0. The molecule has 1 aliphatic rings. The minimum Gasteiger partial charge on any atom is -0.492 e. The predicted molar refractivity (Wildman–Crippen MR) is 113 cm³/mol. The highest BCUT2D eigenvalue weighted by Crippen LogP contribution is 2.27. The molecule has 11 N–H and O–H groups in total. The number of amides is 1. The van der Waals surface area contributed by atoms with Crippen molar-refractivity contribution < 1.29 is 9.53 Å². The molecule has 11 heteroatoms. The lowest BCUT2D eigenvalue weighted by atomic mass is 10.0. The van der Waals surface area contributed by atoms with Gasteiger partial charge in [-0.25, -0.2) is 9.89 Å². The quantitative estimate of drug-likeness (QED) is 0.192. The third-order valence-corrected chi connectivity index (χ3v) is 4.46. The number of halogens is 1. The van der Waals surface area contributed by atoms with Gasteiger partial charge in [0, 0.05) is 6.54 Å².